The third kappa shape index (κ3) is 3.90. The van der Waals surface area contributed by atoms with E-state index >= 15 is 0 Å². The van der Waals surface area contributed by atoms with Crippen molar-refractivity contribution in [2.24, 2.45) is 0 Å². The molecule has 1 aliphatic carbocycles. The molecule has 1 saturated heterocycles. The first-order valence-electron chi connectivity index (χ1n) is 10.8. The molecule has 4 rings (SSSR count). The Morgan fingerprint density at radius 1 is 1.12 bits per heavy atom. The molecule has 0 N–H and O–H groups in total. The number of rotatable bonds is 8. The van der Waals surface area contributed by atoms with E-state index in [2.05, 4.69) is 6.92 Å². The molecule has 1 aromatic carbocycles. The van der Waals surface area contributed by atoms with Crippen LogP contribution in [-0.4, -0.2) is 39.0 Å². The van der Waals surface area contributed by atoms with Crippen molar-refractivity contribution in [3.05, 3.63) is 52.7 Å². The Bertz CT molecular complexity index is 1090. The number of aromatic nitrogens is 1. The number of unbranched alkanes of at least 4 members (excludes halogenated alkanes) is 1. The van der Waals surface area contributed by atoms with Crippen LogP contribution >= 0.6 is 0 Å². The van der Waals surface area contributed by atoms with Gasteiger partial charge in [-0.1, -0.05) is 13.3 Å². The Kier molecular flexibility index (Phi) is 6.35. The van der Waals surface area contributed by atoms with Crippen LogP contribution in [0.5, 0.6) is 11.5 Å². The van der Waals surface area contributed by atoms with Gasteiger partial charge in [0.05, 0.1) is 25.6 Å². The second-order valence-corrected chi connectivity index (χ2v) is 7.74. The van der Waals surface area contributed by atoms with Crippen LogP contribution in [0.1, 0.15) is 36.6 Å². The Balaban J connectivity index is 1.97. The lowest BCUT2D eigenvalue weighted by Crippen LogP contribution is -2.24. The summed E-state index contributed by atoms with van der Waals surface area (Å²) in [5.41, 5.74) is 5.32. The van der Waals surface area contributed by atoms with Gasteiger partial charge in [0.15, 0.2) is 23.0 Å². The summed E-state index contributed by atoms with van der Waals surface area (Å²) in [5.74, 6) is 2.65. The molecule has 0 spiro atoms. The fourth-order valence-corrected chi connectivity index (χ4v) is 4.08. The first-order valence-corrected chi connectivity index (χ1v) is 10.8. The molecule has 1 aromatic heterocycles. The predicted octanol–water partition coefficient (Wildman–Crippen LogP) is 4.62. The SMILES string of the molecule is CCCCN(C=O)c1c(-c2cc(OC)c(OC)cc2C)cnc2c1C=C1OCOC1=CC2. The number of aryl methyl sites for hydroxylation is 1. The average Bonchev–Trinajstić information content (AvgIpc) is 3.18. The molecule has 0 unspecified atom stereocenters. The Morgan fingerprint density at radius 3 is 2.59 bits per heavy atom. The quantitative estimate of drug-likeness (QED) is 0.563. The summed E-state index contributed by atoms with van der Waals surface area (Å²) in [4.78, 5) is 18.8. The maximum absolute atomic E-state index is 12.3. The van der Waals surface area contributed by atoms with Crippen molar-refractivity contribution < 1.29 is 23.7 Å². The molecule has 7 heteroatoms. The second kappa shape index (κ2) is 9.34. The largest absolute Gasteiger partial charge is 0.493 e. The number of amides is 1. The molecule has 2 aliphatic rings. The van der Waals surface area contributed by atoms with Crippen molar-refractivity contribution in [2.45, 2.75) is 33.1 Å². The highest BCUT2D eigenvalue weighted by Crippen LogP contribution is 2.43. The number of benzene rings is 1. The van der Waals surface area contributed by atoms with Gasteiger partial charge in [-0.25, -0.2) is 0 Å². The molecule has 7 nitrogen and oxygen atoms in total. The predicted molar refractivity (Wildman–Crippen MR) is 123 cm³/mol. The summed E-state index contributed by atoms with van der Waals surface area (Å²) in [6.45, 7) is 4.92. The molecule has 2 aromatic rings. The Labute approximate surface area is 188 Å². The van der Waals surface area contributed by atoms with Crippen LogP contribution in [0.15, 0.2) is 35.9 Å². The van der Waals surface area contributed by atoms with Crippen LogP contribution in [0.2, 0.25) is 0 Å². The van der Waals surface area contributed by atoms with Gasteiger partial charge in [-0.2, -0.15) is 0 Å². The fourth-order valence-electron chi connectivity index (χ4n) is 4.08. The highest BCUT2D eigenvalue weighted by molar-refractivity contribution is 5.94. The van der Waals surface area contributed by atoms with Gasteiger partial charge in [-0.05, 0) is 48.8 Å². The average molecular weight is 437 g/mol. The summed E-state index contributed by atoms with van der Waals surface area (Å²) < 4.78 is 22.3. The van der Waals surface area contributed by atoms with E-state index in [1.165, 1.54) is 0 Å². The highest BCUT2D eigenvalue weighted by atomic mass is 16.7. The van der Waals surface area contributed by atoms with Gasteiger partial charge in [-0.3, -0.25) is 9.78 Å². The number of carbonyl (C=O) groups is 1. The van der Waals surface area contributed by atoms with Crippen LogP contribution in [0, 0.1) is 6.92 Å². The number of fused-ring (bicyclic) bond motifs is 2. The number of allylic oxidation sites excluding steroid dienone is 1. The molecule has 168 valence electrons. The van der Waals surface area contributed by atoms with Gasteiger partial charge in [0.2, 0.25) is 13.2 Å². The molecule has 0 atom stereocenters. The smallest absolute Gasteiger partial charge is 0.231 e. The third-order valence-corrected chi connectivity index (χ3v) is 5.79. The molecule has 0 saturated carbocycles. The standard InChI is InChI=1S/C25H28N2O5/c1-5-6-9-27(14-28)25-18-12-24-21(31-15-32-24)8-7-20(18)26-13-19(25)17-11-23(30-4)22(29-3)10-16(17)2/h8,10-14H,5-7,9,15H2,1-4H3. The van der Waals surface area contributed by atoms with Gasteiger partial charge in [0, 0.05) is 30.3 Å². The van der Waals surface area contributed by atoms with Crippen LogP contribution in [-0.2, 0) is 20.7 Å². The van der Waals surface area contributed by atoms with Gasteiger partial charge < -0.3 is 23.8 Å². The van der Waals surface area contributed by atoms with Crippen molar-refractivity contribution in [1.29, 1.82) is 0 Å². The first-order chi connectivity index (χ1) is 15.6. The normalized spacial score (nSPS) is 14.1. The molecule has 32 heavy (non-hydrogen) atoms. The van der Waals surface area contributed by atoms with Gasteiger partial charge in [0.1, 0.15) is 0 Å². The minimum Gasteiger partial charge on any atom is -0.493 e. The number of pyridine rings is 1. The number of anilines is 1. The lowest BCUT2D eigenvalue weighted by atomic mass is 9.95. The van der Waals surface area contributed by atoms with E-state index in [-0.39, 0.29) is 6.79 Å². The summed E-state index contributed by atoms with van der Waals surface area (Å²) in [5, 5.41) is 0. The van der Waals surface area contributed by atoms with Crippen LogP contribution in [0.3, 0.4) is 0 Å². The number of nitrogens with zero attached hydrogens (tertiary/aromatic N) is 2. The Hall–Kier alpha value is -3.48. The topological polar surface area (TPSA) is 70.1 Å². The molecular weight excluding hydrogens is 408 g/mol. The van der Waals surface area contributed by atoms with Crippen molar-refractivity contribution in [3.63, 3.8) is 0 Å². The lowest BCUT2D eigenvalue weighted by Gasteiger charge is -2.25. The minimum atomic E-state index is 0.192. The van der Waals surface area contributed by atoms with E-state index in [0.717, 1.165) is 52.9 Å². The van der Waals surface area contributed by atoms with Crippen molar-refractivity contribution in [1.82, 2.24) is 4.98 Å². The summed E-state index contributed by atoms with van der Waals surface area (Å²) in [6.07, 6.45) is 9.10. The zero-order valence-electron chi connectivity index (χ0n) is 18.9. The molecular formula is C25H28N2O5. The molecule has 1 fully saturated rings. The van der Waals surface area contributed by atoms with E-state index in [4.69, 9.17) is 23.9 Å². The fraction of sp³-hybridized carbons (Fsp3) is 0.360. The zero-order valence-corrected chi connectivity index (χ0v) is 18.9. The maximum Gasteiger partial charge on any atom is 0.231 e. The molecule has 0 bridgehead atoms. The molecule has 1 aliphatic heterocycles. The lowest BCUT2D eigenvalue weighted by molar-refractivity contribution is -0.107. The van der Waals surface area contributed by atoms with Crippen molar-refractivity contribution in [2.75, 3.05) is 32.5 Å². The van der Waals surface area contributed by atoms with Gasteiger partial charge in [0.25, 0.3) is 0 Å². The van der Waals surface area contributed by atoms with Crippen LogP contribution in [0.25, 0.3) is 17.2 Å². The Morgan fingerprint density at radius 2 is 1.88 bits per heavy atom. The zero-order chi connectivity index (χ0) is 22.7. The number of carbonyl (C=O) groups excluding carboxylic acids is 1. The number of hydrogen-bond acceptors (Lipinski definition) is 6. The van der Waals surface area contributed by atoms with Crippen LogP contribution < -0.4 is 14.4 Å². The monoisotopic (exact) mass is 436 g/mol. The highest BCUT2D eigenvalue weighted by Gasteiger charge is 2.26. The third-order valence-electron chi connectivity index (χ3n) is 5.79. The second-order valence-electron chi connectivity index (χ2n) is 7.74. The molecule has 1 amide bonds. The summed E-state index contributed by atoms with van der Waals surface area (Å²) in [7, 11) is 3.23. The van der Waals surface area contributed by atoms with Crippen molar-refractivity contribution >= 4 is 18.2 Å². The van der Waals surface area contributed by atoms with Crippen molar-refractivity contribution in [3.8, 4) is 22.6 Å². The van der Waals surface area contributed by atoms with E-state index in [0.29, 0.717) is 36.0 Å². The maximum atomic E-state index is 12.3. The molecule has 0 radical (unpaired) electrons. The van der Waals surface area contributed by atoms with E-state index in [1.54, 1.807) is 19.1 Å². The van der Waals surface area contributed by atoms with Crippen LogP contribution in [0.4, 0.5) is 5.69 Å². The summed E-state index contributed by atoms with van der Waals surface area (Å²) >= 11 is 0. The number of methoxy groups -OCH3 is 2. The molecule has 2 heterocycles. The van der Waals surface area contributed by atoms with Gasteiger partial charge in [-0.15, -0.1) is 0 Å². The number of hydrogen-bond donors (Lipinski definition) is 0. The number of ether oxygens (including phenoxy) is 4. The first kappa shape index (κ1) is 21.7. The van der Waals surface area contributed by atoms with E-state index in [1.807, 2.05) is 37.4 Å². The van der Waals surface area contributed by atoms with E-state index in [9.17, 15) is 4.79 Å². The van der Waals surface area contributed by atoms with Gasteiger partial charge >= 0.3 is 0 Å². The minimum absolute atomic E-state index is 0.192. The summed E-state index contributed by atoms with van der Waals surface area (Å²) in [6, 6.07) is 3.87. The van der Waals surface area contributed by atoms with E-state index < -0.39 is 0 Å².